The molecule has 1 aromatic carbocycles. The largest absolute Gasteiger partial charge is 0.350 e. The Morgan fingerprint density at radius 1 is 1.55 bits per heavy atom. The fourth-order valence-electron chi connectivity index (χ4n) is 2.20. The molecule has 1 saturated heterocycles. The second kappa shape index (κ2) is 8.78. The van der Waals surface area contributed by atoms with Crippen LogP contribution in [0.1, 0.15) is 30.1 Å². The molecule has 6 heteroatoms. The van der Waals surface area contributed by atoms with Gasteiger partial charge in [0, 0.05) is 22.5 Å². The number of carbonyl (C=O) groups is 1. The van der Waals surface area contributed by atoms with Crippen LogP contribution in [0.2, 0.25) is 5.02 Å². The molecule has 1 aromatic rings. The highest BCUT2D eigenvalue weighted by Crippen LogP contribution is 2.25. The molecular weight excluding hydrogens is 315 g/mol. The van der Waals surface area contributed by atoms with E-state index >= 15 is 0 Å². The van der Waals surface area contributed by atoms with E-state index in [1.54, 1.807) is 17.8 Å². The van der Waals surface area contributed by atoms with Crippen molar-refractivity contribution in [3.63, 3.8) is 0 Å². The molecule has 2 rings (SSSR count). The normalized spacial score (nSPS) is 17.6. The van der Waals surface area contributed by atoms with Gasteiger partial charge in [-0.2, -0.15) is 0 Å². The lowest BCUT2D eigenvalue weighted by Gasteiger charge is -2.13. The first kappa shape index (κ1) is 17.6. The Balaban J connectivity index is 0.00000200. The highest BCUT2D eigenvalue weighted by molar-refractivity contribution is 7.99. The van der Waals surface area contributed by atoms with Crippen molar-refractivity contribution >= 4 is 41.7 Å². The van der Waals surface area contributed by atoms with Crippen molar-refractivity contribution in [3.8, 4) is 0 Å². The topological polar surface area (TPSA) is 41.1 Å². The molecule has 1 aliphatic heterocycles. The molecular formula is C14H20Cl2N2OS. The average Bonchev–Trinajstić information content (AvgIpc) is 2.91. The molecule has 1 atom stereocenters. The van der Waals surface area contributed by atoms with E-state index in [1.165, 1.54) is 6.42 Å². The van der Waals surface area contributed by atoms with E-state index in [-0.39, 0.29) is 18.3 Å². The molecule has 1 heterocycles. The fourth-order valence-corrected chi connectivity index (χ4v) is 3.16. The van der Waals surface area contributed by atoms with Crippen LogP contribution in [-0.4, -0.2) is 30.8 Å². The third kappa shape index (κ3) is 4.85. The minimum Gasteiger partial charge on any atom is -0.350 e. The zero-order valence-electron chi connectivity index (χ0n) is 11.4. The van der Waals surface area contributed by atoms with E-state index in [2.05, 4.69) is 17.6 Å². The van der Waals surface area contributed by atoms with Crippen LogP contribution in [0.15, 0.2) is 23.1 Å². The van der Waals surface area contributed by atoms with Crippen molar-refractivity contribution in [3.05, 3.63) is 28.8 Å². The summed E-state index contributed by atoms with van der Waals surface area (Å²) < 4.78 is 0. The van der Waals surface area contributed by atoms with Gasteiger partial charge in [-0.25, -0.2) is 0 Å². The molecule has 112 valence electrons. The quantitative estimate of drug-likeness (QED) is 0.811. The van der Waals surface area contributed by atoms with Crippen LogP contribution in [-0.2, 0) is 0 Å². The smallest absolute Gasteiger partial charge is 0.252 e. The van der Waals surface area contributed by atoms with Crippen molar-refractivity contribution < 1.29 is 4.79 Å². The van der Waals surface area contributed by atoms with Crippen LogP contribution in [0.3, 0.4) is 0 Å². The number of hydrogen-bond acceptors (Lipinski definition) is 3. The first-order chi connectivity index (χ1) is 9.20. The Hall–Kier alpha value is -0.420. The van der Waals surface area contributed by atoms with E-state index in [1.807, 2.05) is 12.1 Å². The maximum atomic E-state index is 12.2. The number of rotatable bonds is 5. The molecule has 1 unspecified atom stereocenters. The summed E-state index contributed by atoms with van der Waals surface area (Å²) in [6.45, 7) is 3.81. The van der Waals surface area contributed by atoms with Crippen molar-refractivity contribution in [2.45, 2.75) is 30.7 Å². The maximum Gasteiger partial charge on any atom is 0.252 e. The lowest BCUT2D eigenvalue weighted by molar-refractivity contribution is 0.0947. The Morgan fingerprint density at radius 3 is 3.00 bits per heavy atom. The first-order valence-electron chi connectivity index (χ1n) is 6.64. The van der Waals surface area contributed by atoms with Crippen molar-refractivity contribution in [1.29, 1.82) is 0 Å². The van der Waals surface area contributed by atoms with Gasteiger partial charge in [0.05, 0.1) is 5.56 Å². The summed E-state index contributed by atoms with van der Waals surface area (Å²) in [5.74, 6) is 0.902. The molecule has 2 N–H and O–H groups in total. The van der Waals surface area contributed by atoms with Gasteiger partial charge in [-0.05, 0) is 43.3 Å². The standard InChI is InChI=1S/C14H19ClN2OS.ClH/c1-2-19-13-6-5-10(15)8-12(13)14(18)17-9-11-4-3-7-16-11;/h5-6,8,11,16H,2-4,7,9H2,1H3,(H,17,18);1H. The minimum atomic E-state index is -0.0350. The number of nitrogens with one attached hydrogen (secondary N) is 2. The molecule has 0 saturated carbocycles. The van der Waals surface area contributed by atoms with Crippen LogP contribution in [0.5, 0.6) is 0 Å². The first-order valence-corrected chi connectivity index (χ1v) is 8.01. The summed E-state index contributed by atoms with van der Waals surface area (Å²) in [6, 6.07) is 5.90. The van der Waals surface area contributed by atoms with E-state index in [0.717, 1.165) is 23.6 Å². The summed E-state index contributed by atoms with van der Waals surface area (Å²) in [4.78, 5) is 13.2. The SMILES string of the molecule is CCSc1ccc(Cl)cc1C(=O)NCC1CCCN1.Cl. The number of thioether (sulfide) groups is 1. The molecule has 1 fully saturated rings. The predicted molar refractivity (Wildman–Crippen MR) is 88.5 cm³/mol. The monoisotopic (exact) mass is 334 g/mol. The van der Waals surface area contributed by atoms with E-state index in [0.29, 0.717) is 23.2 Å². The molecule has 1 amide bonds. The summed E-state index contributed by atoms with van der Waals surface area (Å²) >= 11 is 7.65. The summed E-state index contributed by atoms with van der Waals surface area (Å²) in [7, 11) is 0. The van der Waals surface area contributed by atoms with Crippen molar-refractivity contribution in [2.75, 3.05) is 18.8 Å². The zero-order valence-corrected chi connectivity index (χ0v) is 13.8. The summed E-state index contributed by atoms with van der Waals surface area (Å²) in [5.41, 5.74) is 0.678. The van der Waals surface area contributed by atoms with Crippen molar-refractivity contribution in [1.82, 2.24) is 10.6 Å². The Morgan fingerprint density at radius 2 is 2.35 bits per heavy atom. The Bertz CT molecular complexity index is 451. The molecule has 0 spiro atoms. The minimum absolute atomic E-state index is 0. The number of carbonyl (C=O) groups excluding carboxylic acids is 1. The lowest BCUT2D eigenvalue weighted by Crippen LogP contribution is -2.37. The number of amides is 1. The summed E-state index contributed by atoms with van der Waals surface area (Å²) in [5, 5.41) is 6.96. The molecule has 0 radical (unpaired) electrons. The second-order valence-corrected chi connectivity index (χ2v) is 6.32. The lowest BCUT2D eigenvalue weighted by atomic mass is 10.2. The molecule has 3 nitrogen and oxygen atoms in total. The molecule has 0 aliphatic carbocycles. The number of benzene rings is 1. The Kier molecular flexibility index (Phi) is 7.74. The molecule has 20 heavy (non-hydrogen) atoms. The van der Waals surface area contributed by atoms with Crippen molar-refractivity contribution in [2.24, 2.45) is 0 Å². The van der Waals surface area contributed by atoms with E-state index in [4.69, 9.17) is 11.6 Å². The van der Waals surface area contributed by atoms with Gasteiger partial charge in [0.2, 0.25) is 0 Å². The van der Waals surface area contributed by atoms with Gasteiger partial charge in [-0.15, -0.1) is 24.2 Å². The average molecular weight is 335 g/mol. The zero-order chi connectivity index (χ0) is 13.7. The van der Waals surface area contributed by atoms with Gasteiger partial charge in [-0.1, -0.05) is 18.5 Å². The van der Waals surface area contributed by atoms with E-state index < -0.39 is 0 Å². The number of halogens is 2. The molecule has 0 bridgehead atoms. The van der Waals surface area contributed by atoms with Crippen LogP contribution >= 0.6 is 35.8 Å². The number of hydrogen-bond donors (Lipinski definition) is 2. The van der Waals surface area contributed by atoms with Crippen LogP contribution in [0.4, 0.5) is 0 Å². The molecule has 0 aromatic heterocycles. The summed E-state index contributed by atoms with van der Waals surface area (Å²) in [6.07, 6.45) is 2.32. The van der Waals surface area contributed by atoms with Crippen LogP contribution in [0, 0.1) is 0 Å². The predicted octanol–water partition coefficient (Wildman–Crippen LogP) is 3.36. The highest BCUT2D eigenvalue weighted by atomic mass is 35.5. The third-order valence-electron chi connectivity index (χ3n) is 3.16. The van der Waals surface area contributed by atoms with Gasteiger partial charge in [0.1, 0.15) is 0 Å². The van der Waals surface area contributed by atoms with Gasteiger partial charge >= 0.3 is 0 Å². The van der Waals surface area contributed by atoms with Gasteiger partial charge in [0.15, 0.2) is 0 Å². The van der Waals surface area contributed by atoms with Crippen LogP contribution < -0.4 is 10.6 Å². The Labute approximate surface area is 135 Å². The highest BCUT2D eigenvalue weighted by Gasteiger charge is 2.17. The van der Waals surface area contributed by atoms with E-state index in [9.17, 15) is 4.79 Å². The second-order valence-electron chi connectivity index (χ2n) is 4.58. The van der Waals surface area contributed by atoms with Gasteiger partial charge in [0.25, 0.3) is 5.91 Å². The van der Waals surface area contributed by atoms with Crippen LogP contribution in [0.25, 0.3) is 0 Å². The van der Waals surface area contributed by atoms with Gasteiger partial charge in [-0.3, -0.25) is 4.79 Å². The fraction of sp³-hybridized carbons (Fsp3) is 0.500. The third-order valence-corrected chi connectivity index (χ3v) is 4.35. The van der Waals surface area contributed by atoms with Gasteiger partial charge < -0.3 is 10.6 Å². The maximum absolute atomic E-state index is 12.2. The molecule has 1 aliphatic rings.